The fourth-order valence-corrected chi connectivity index (χ4v) is 5.98. The molecule has 0 N–H and O–H groups in total. The number of ketones is 2. The fraction of sp³-hybridized carbons (Fsp3) is 0.562. The molecule has 0 bridgehead atoms. The number of benzene rings is 2. The summed E-state index contributed by atoms with van der Waals surface area (Å²) in [5.74, 6) is 0.643. The Balaban J connectivity index is 1.36. The molecule has 4 nitrogen and oxygen atoms in total. The molecule has 2 fully saturated rings. The number of Topliss-reactive ketones (excluding diaryl/α,β-unsaturated/α-hetero) is 2. The standard InChI is InChI=1S/C32H44N2O2/c35-31(27-15-5-1-6-16-27)29(25-33-21-11-3-12-22-33)19-9-10-20-30(26-34-23-13-4-14-24-34)32(36)28-17-7-2-8-18-28/h1-2,5-8,15-18,29-30H,3-4,9-14,19-26H2. The topological polar surface area (TPSA) is 40.6 Å². The Bertz CT molecular complexity index is 840. The average molecular weight is 489 g/mol. The number of hydrogen-bond donors (Lipinski definition) is 0. The van der Waals surface area contributed by atoms with Crippen molar-refractivity contribution in [3.8, 4) is 0 Å². The largest absolute Gasteiger partial charge is 0.303 e. The van der Waals surface area contributed by atoms with Crippen LogP contribution in [0.5, 0.6) is 0 Å². The highest BCUT2D eigenvalue weighted by Crippen LogP contribution is 2.24. The zero-order valence-electron chi connectivity index (χ0n) is 22.0. The SMILES string of the molecule is O=C(c1ccccc1)C(CCCCC(CN1CCCCC1)C(=O)c1ccccc1)CN1CCCCC1. The minimum Gasteiger partial charge on any atom is -0.303 e. The molecule has 36 heavy (non-hydrogen) atoms. The summed E-state index contributed by atoms with van der Waals surface area (Å²) in [5.41, 5.74) is 1.67. The van der Waals surface area contributed by atoms with E-state index < -0.39 is 0 Å². The van der Waals surface area contributed by atoms with Gasteiger partial charge in [0.2, 0.25) is 0 Å². The van der Waals surface area contributed by atoms with Crippen molar-refractivity contribution in [2.24, 2.45) is 11.8 Å². The van der Waals surface area contributed by atoms with Gasteiger partial charge in [-0.3, -0.25) is 9.59 Å². The summed E-state index contributed by atoms with van der Waals surface area (Å²) in [4.78, 5) is 31.8. The van der Waals surface area contributed by atoms with Crippen LogP contribution < -0.4 is 0 Å². The van der Waals surface area contributed by atoms with E-state index in [1.54, 1.807) is 0 Å². The molecule has 0 spiro atoms. The Morgan fingerprint density at radius 2 is 0.917 bits per heavy atom. The molecule has 2 aromatic rings. The third-order valence-electron chi connectivity index (χ3n) is 8.07. The maximum absolute atomic E-state index is 13.4. The van der Waals surface area contributed by atoms with Gasteiger partial charge in [0.25, 0.3) is 0 Å². The van der Waals surface area contributed by atoms with E-state index in [0.717, 1.165) is 76.1 Å². The van der Waals surface area contributed by atoms with Gasteiger partial charge in [0, 0.05) is 36.1 Å². The average Bonchev–Trinajstić information content (AvgIpc) is 2.95. The number of likely N-dealkylation sites (tertiary alicyclic amines) is 2. The molecule has 0 aromatic heterocycles. The number of rotatable bonds is 13. The number of hydrogen-bond acceptors (Lipinski definition) is 4. The molecule has 0 amide bonds. The Kier molecular flexibility index (Phi) is 10.7. The molecule has 2 unspecified atom stereocenters. The molecule has 2 aliphatic rings. The number of nitrogens with zero attached hydrogens (tertiary/aromatic N) is 2. The van der Waals surface area contributed by atoms with Crippen LogP contribution in [0.15, 0.2) is 60.7 Å². The molecular weight excluding hydrogens is 444 g/mol. The van der Waals surface area contributed by atoms with Gasteiger partial charge in [-0.1, -0.05) is 86.3 Å². The lowest BCUT2D eigenvalue weighted by molar-refractivity contribution is 0.0833. The highest BCUT2D eigenvalue weighted by Gasteiger charge is 2.26. The first kappa shape index (κ1) is 26.8. The number of unbranched alkanes of at least 4 members (excludes halogenated alkanes) is 1. The zero-order chi connectivity index (χ0) is 25.0. The van der Waals surface area contributed by atoms with E-state index in [1.165, 1.54) is 38.5 Å². The molecule has 194 valence electrons. The Morgan fingerprint density at radius 3 is 1.28 bits per heavy atom. The van der Waals surface area contributed by atoms with Crippen molar-refractivity contribution in [1.29, 1.82) is 0 Å². The van der Waals surface area contributed by atoms with Crippen LogP contribution in [-0.4, -0.2) is 60.6 Å². The Labute approximate surface area is 218 Å². The van der Waals surface area contributed by atoms with Gasteiger partial charge < -0.3 is 9.80 Å². The van der Waals surface area contributed by atoms with E-state index in [-0.39, 0.29) is 23.4 Å². The van der Waals surface area contributed by atoms with E-state index in [4.69, 9.17) is 0 Å². The second-order valence-electron chi connectivity index (χ2n) is 10.9. The number of piperidine rings is 2. The minimum absolute atomic E-state index is 0.0378. The fourth-order valence-electron chi connectivity index (χ4n) is 5.98. The highest BCUT2D eigenvalue weighted by molar-refractivity contribution is 5.98. The smallest absolute Gasteiger partial charge is 0.167 e. The lowest BCUT2D eigenvalue weighted by Crippen LogP contribution is -2.37. The maximum atomic E-state index is 13.4. The van der Waals surface area contributed by atoms with Gasteiger partial charge in [-0.25, -0.2) is 0 Å². The van der Waals surface area contributed by atoms with Gasteiger partial charge in [-0.05, 0) is 64.7 Å². The van der Waals surface area contributed by atoms with Crippen LogP contribution in [0.4, 0.5) is 0 Å². The molecule has 0 aliphatic carbocycles. The van der Waals surface area contributed by atoms with Gasteiger partial charge in [0.05, 0.1) is 0 Å². The van der Waals surface area contributed by atoms with Crippen LogP contribution in [0, 0.1) is 11.8 Å². The zero-order valence-corrected chi connectivity index (χ0v) is 22.0. The summed E-state index contributed by atoms with van der Waals surface area (Å²) < 4.78 is 0. The molecule has 4 rings (SSSR count). The second-order valence-corrected chi connectivity index (χ2v) is 10.9. The lowest BCUT2D eigenvalue weighted by Gasteiger charge is -2.31. The maximum Gasteiger partial charge on any atom is 0.167 e. The number of carbonyl (C=O) groups is 2. The van der Waals surface area contributed by atoms with Crippen molar-refractivity contribution in [3.05, 3.63) is 71.8 Å². The van der Waals surface area contributed by atoms with Crippen LogP contribution in [-0.2, 0) is 0 Å². The van der Waals surface area contributed by atoms with Crippen molar-refractivity contribution in [1.82, 2.24) is 9.80 Å². The molecule has 2 aromatic carbocycles. The first-order valence-corrected chi connectivity index (χ1v) is 14.3. The van der Waals surface area contributed by atoms with Crippen LogP contribution in [0.1, 0.15) is 84.9 Å². The second kappa shape index (κ2) is 14.4. The molecule has 2 saturated heterocycles. The van der Waals surface area contributed by atoms with Crippen molar-refractivity contribution >= 4 is 11.6 Å². The summed E-state index contributed by atoms with van der Waals surface area (Å²) in [6.45, 7) is 6.19. The van der Waals surface area contributed by atoms with Crippen LogP contribution in [0.2, 0.25) is 0 Å². The van der Waals surface area contributed by atoms with E-state index in [2.05, 4.69) is 9.80 Å². The predicted octanol–water partition coefficient (Wildman–Crippen LogP) is 6.52. The summed E-state index contributed by atoms with van der Waals surface area (Å²) in [7, 11) is 0. The summed E-state index contributed by atoms with van der Waals surface area (Å²) in [6, 6.07) is 19.6. The molecule has 0 radical (unpaired) electrons. The van der Waals surface area contributed by atoms with Crippen LogP contribution >= 0.6 is 0 Å². The summed E-state index contributed by atoms with van der Waals surface area (Å²) in [6.07, 6.45) is 11.4. The molecular formula is C32H44N2O2. The molecule has 2 aliphatic heterocycles. The van der Waals surface area contributed by atoms with Crippen molar-refractivity contribution < 1.29 is 9.59 Å². The van der Waals surface area contributed by atoms with E-state index >= 15 is 0 Å². The third-order valence-corrected chi connectivity index (χ3v) is 8.07. The minimum atomic E-state index is 0.0378. The van der Waals surface area contributed by atoms with Crippen molar-refractivity contribution in [2.75, 3.05) is 39.3 Å². The predicted molar refractivity (Wildman–Crippen MR) is 148 cm³/mol. The van der Waals surface area contributed by atoms with Gasteiger partial charge in [0.1, 0.15) is 0 Å². The van der Waals surface area contributed by atoms with Crippen molar-refractivity contribution in [3.63, 3.8) is 0 Å². The quantitative estimate of drug-likeness (QED) is 0.238. The molecule has 2 heterocycles. The van der Waals surface area contributed by atoms with E-state index in [0.29, 0.717) is 0 Å². The Morgan fingerprint density at radius 1 is 0.556 bits per heavy atom. The summed E-state index contributed by atoms with van der Waals surface area (Å²) >= 11 is 0. The molecule has 4 heteroatoms. The first-order chi connectivity index (χ1) is 17.7. The van der Waals surface area contributed by atoms with Crippen LogP contribution in [0.3, 0.4) is 0 Å². The van der Waals surface area contributed by atoms with E-state index in [9.17, 15) is 9.59 Å². The highest BCUT2D eigenvalue weighted by atomic mass is 16.1. The summed E-state index contributed by atoms with van der Waals surface area (Å²) in [5, 5.41) is 0. The molecule has 0 saturated carbocycles. The monoisotopic (exact) mass is 488 g/mol. The molecule has 2 atom stereocenters. The normalized spacial score (nSPS) is 19.0. The van der Waals surface area contributed by atoms with Gasteiger partial charge >= 0.3 is 0 Å². The van der Waals surface area contributed by atoms with Gasteiger partial charge in [-0.2, -0.15) is 0 Å². The lowest BCUT2D eigenvalue weighted by atomic mass is 9.88. The van der Waals surface area contributed by atoms with Gasteiger partial charge in [-0.15, -0.1) is 0 Å². The Hall–Kier alpha value is -2.30. The first-order valence-electron chi connectivity index (χ1n) is 14.3. The van der Waals surface area contributed by atoms with Gasteiger partial charge in [0.15, 0.2) is 11.6 Å². The number of carbonyl (C=O) groups excluding carboxylic acids is 2. The third kappa shape index (κ3) is 8.11. The van der Waals surface area contributed by atoms with Crippen molar-refractivity contribution in [2.45, 2.75) is 64.2 Å². The van der Waals surface area contributed by atoms with Crippen LogP contribution in [0.25, 0.3) is 0 Å². The van der Waals surface area contributed by atoms with E-state index in [1.807, 2.05) is 60.7 Å².